The number of hydrazone groups is 1. The molecule has 0 unspecified atom stereocenters. The van der Waals surface area contributed by atoms with Crippen LogP contribution in [0.1, 0.15) is 16.2 Å². The van der Waals surface area contributed by atoms with E-state index >= 15 is 0 Å². The molecule has 3 aromatic heterocycles. The summed E-state index contributed by atoms with van der Waals surface area (Å²) >= 11 is 1.62. The molecule has 3 heterocycles. The Morgan fingerprint density at radius 2 is 1.96 bits per heavy atom. The number of nitro groups is 1. The second-order valence-corrected chi connectivity index (χ2v) is 7.26. The Hall–Kier alpha value is -3.59. The molecule has 1 aromatic carbocycles. The molecule has 4 aromatic rings. The van der Waals surface area contributed by atoms with Gasteiger partial charge in [0.05, 0.1) is 16.5 Å². The molecule has 9 heteroatoms. The van der Waals surface area contributed by atoms with Crippen molar-refractivity contribution in [3.63, 3.8) is 0 Å². The molecule has 1 N–H and O–H groups in total. The smallest absolute Gasteiger partial charge is 0.269 e. The standard InChI is InChI=1S/C19H15N5O3S/c1-11-12(2)28-19-17(11)18(20-10-21-19)23-22-9-15-7-8-16(27-15)13-3-5-14(6-4-13)24(25)26/h3-10H,1-2H3,(H,20,21,23)/b22-9-. The fourth-order valence-electron chi connectivity index (χ4n) is 2.75. The maximum atomic E-state index is 10.7. The first-order valence-electron chi connectivity index (χ1n) is 8.37. The highest BCUT2D eigenvalue weighted by molar-refractivity contribution is 7.18. The second-order valence-electron chi connectivity index (χ2n) is 6.06. The van der Waals surface area contributed by atoms with Gasteiger partial charge in [0.1, 0.15) is 22.7 Å². The van der Waals surface area contributed by atoms with Crippen molar-refractivity contribution in [1.82, 2.24) is 9.97 Å². The van der Waals surface area contributed by atoms with Gasteiger partial charge in [0.25, 0.3) is 5.69 Å². The second kappa shape index (κ2) is 7.20. The van der Waals surface area contributed by atoms with Crippen molar-refractivity contribution >= 4 is 39.3 Å². The van der Waals surface area contributed by atoms with E-state index in [9.17, 15) is 10.1 Å². The summed E-state index contributed by atoms with van der Waals surface area (Å²) < 4.78 is 5.73. The molecule has 0 saturated heterocycles. The maximum absolute atomic E-state index is 10.7. The first kappa shape index (κ1) is 17.8. The van der Waals surface area contributed by atoms with Crippen LogP contribution < -0.4 is 5.43 Å². The van der Waals surface area contributed by atoms with E-state index in [0.717, 1.165) is 21.3 Å². The fourth-order valence-corrected chi connectivity index (χ4v) is 3.75. The Morgan fingerprint density at radius 3 is 2.71 bits per heavy atom. The molecule has 0 saturated carbocycles. The molecule has 0 radical (unpaired) electrons. The summed E-state index contributed by atoms with van der Waals surface area (Å²) in [6, 6.07) is 9.75. The fraction of sp³-hybridized carbons (Fsp3) is 0.105. The number of fused-ring (bicyclic) bond motifs is 1. The number of nitrogens with zero attached hydrogens (tertiary/aromatic N) is 4. The predicted molar refractivity (Wildman–Crippen MR) is 109 cm³/mol. The Morgan fingerprint density at radius 1 is 1.18 bits per heavy atom. The summed E-state index contributed by atoms with van der Waals surface area (Å²) in [5.74, 6) is 1.79. The van der Waals surface area contributed by atoms with Crippen molar-refractivity contribution in [3.05, 3.63) is 69.0 Å². The van der Waals surface area contributed by atoms with Crippen molar-refractivity contribution in [2.75, 3.05) is 5.43 Å². The molecular formula is C19H15N5O3S. The normalized spacial score (nSPS) is 11.4. The van der Waals surface area contributed by atoms with Crippen LogP contribution in [-0.2, 0) is 0 Å². The van der Waals surface area contributed by atoms with E-state index in [-0.39, 0.29) is 5.69 Å². The van der Waals surface area contributed by atoms with E-state index in [0.29, 0.717) is 17.3 Å². The molecule has 0 fully saturated rings. The number of hydrogen-bond acceptors (Lipinski definition) is 8. The molecule has 0 aliphatic carbocycles. The third kappa shape index (κ3) is 3.35. The number of non-ortho nitro benzene ring substituents is 1. The molecule has 0 bridgehead atoms. The number of aromatic nitrogens is 2. The average molecular weight is 393 g/mol. The highest BCUT2D eigenvalue weighted by atomic mass is 32.1. The van der Waals surface area contributed by atoms with Gasteiger partial charge in [-0.05, 0) is 43.7 Å². The van der Waals surface area contributed by atoms with E-state index < -0.39 is 4.92 Å². The van der Waals surface area contributed by atoms with Crippen LogP contribution in [0.25, 0.3) is 21.5 Å². The molecule has 28 heavy (non-hydrogen) atoms. The number of thiophene rings is 1. The van der Waals surface area contributed by atoms with Gasteiger partial charge in [-0.3, -0.25) is 15.5 Å². The molecule has 4 rings (SSSR count). The van der Waals surface area contributed by atoms with E-state index in [2.05, 4.69) is 27.4 Å². The third-order valence-electron chi connectivity index (χ3n) is 4.32. The highest BCUT2D eigenvalue weighted by Gasteiger charge is 2.11. The van der Waals surface area contributed by atoms with Crippen molar-refractivity contribution in [1.29, 1.82) is 0 Å². The summed E-state index contributed by atoms with van der Waals surface area (Å²) in [5, 5.41) is 15.9. The molecule has 0 atom stereocenters. The van der Waals surface area contributed by atoms with Gasteiger partial charge < -0.3 is 4.42 Å². The molecular weight excluding hydrogens is 378 g/mol. The summed E-state index contributed by atoms with van der Waals surface area (Å²) in [6.45, 7) is 4.09. The predicted octanol–water partition coefficient (Wildman–Crippen LogP) is 4.92. The lowest BCUT2D eigenvalue weighted by Gasteiger charge is -2.01. The lowest BCUT2D eigenvalue weighted by molar-refractivity contribution is -0.384. The zero-order valence-electron chi connectivity index (χ0n) is 15.0. The molecule has 8 nitrogen and oxygen atoms in total. The number of anilines is 1. The largest absolute Gasteiger partial charge is 0.455 e. The summed E-state index contributed by atoms with van der Waals surface area (Å²) in [6.07, 6.45) is 3.06. The van der Waals surface area contributed by atoms with Crippen LogP contribution in [0.2, 0.25) is 0 Å². The van der Waals surface area contributed by atoms with Gasteiger partial charge in [-0.25, -0.2) is 9.97 Å². The van der Waals surface area contributed by atoms with Crippen molar-refractivity contribution in [3.8, 4) is 11.3 Å². The van der Waals surface area contributed by atoms with Gasteiger partial charge in [0.15, 0.2) is 5.82 Å². The zero-order valence-corrected chi connectivity index (χ0v) is 15.9. The average Bonchev–Trinajstić information content (AvgIpc) is 3.27. The van der Waals surface area contributed by atoms with Gasteiger partial charge >= 0.3 is 0 Å². The monoisotopic (exact) mass is 393 g/mol. The number of benzene rings is 1. The number of furan rings is 1. The molecule has 0 spiro atoms. The highest BCUT2D eigenvalue weighted by Crippen LogP contribution is 2.32. The van der Waals surface area contributed by atoms with Crippen LogP contribution >= 0.6 is 11.3 Å². The van der Waals surface area contributed by atoms with E-state index in [1.54, 1.807) is 41.8 Å². The number of hydrogen-bond donors (Lipinski definition) is 1. The van der Waals surface area contributed by atoms with Crippen LogP contribution in [0, 0.1) is 24.0 Å². The molecule has 0 aliphatic rings. The number of aryl methyl sites for hydroxylation is 2. The molecule has 0 aliphatic heterocycles. The van der Waals surface area contributed by atoms with Crippen molar-refractivity contribution < 1.29 is 9.34 Å². The lowest BCUT2D eigenvalue weighted by atomic mass is 10.1. The van der Waals surface area contributed by atoms with Gasteiger partial charge in [-0.2, -0.15) is 5.10 Å². The van der Waals surface area contributed by atoms with Gasteiger partial charge in [0, 0.05) is 22.6 Å². The topological polar surface area (TPSA) is 106 Å². The van der Waals surface area contributed by atoms with Crippen molar-refractivity contribution in [2.24, 2.45) is 5.10 Å². The third-order valence-corrected chi connectivity index (χ3v) is 5.43. The number of rotatable bonds is 5. The summed E-state index contributed by atoms with van der Waals surface area (Å²) in [4.78, 5) is 21.0. The quantitative estimate of drug-likeness (QED) is 0.293. The first-order valence-corrected chi connectivity index (χ1v) is 9.19. The Balaban J connectivity index is 1.51. The number of nitro benzene ring substituents is 1. The Labute approximate surface area is 163 Å². The van der Waals surface area contributed by atoms with E-state index in [1.807, 2.05) is 6.92 Å². The Kier molecular flexibility index (Phi) is 4.58. The SMILES string of the molecule is Cc1sc2ncnc(N/N=C\c3ccc(-c4ccc([N+](=O)[O-])cc4)o3)c2c1C. The summed E-state index contributed by atoms with van der Waals surface area (Å²) in [7, 11) is 0. The van der Waals surface area contributed by atoms with Crippen LogP contribution in [0.15, 0.2) is 52.2 Å². The van der Waals surface area contributed by atoms with E-state index in [1.165, 1.54) is 23.3 Å². The minimum atomic E-state index is -0.434. The maximum Gasteiger partial charge on any atom is 0.269 e. The van der Waals surface area contributed by atoms with Crippen LogP contribution in [0.4, 0.5) is 11.5 Å². The van der Waals surface area contributed by atoms with Gasteiger partial charge in [0.2, 0.25) is 0 Å². The zero-order chi connectivity index (χ0) is 19.7. The van der Waals surface area contributed by atoms with Crippen LogP contribution in [0.3, 0.4) is 0 Å². The first-order chi connectivity index (χ1) is 13.5. The minimum absolute atomic E-state index is 0.0384. The Bertz CT molecular complexity index is 1190. The van der Waals surface area contributed by atoms with Gasteiger partial charge in [-0.15, -0.1) is 11.3 Å². The van der Waals surface area contributed by atoms with Crippen molar-refractivity contribution in [2.45, 2.75) is 13.8 Å². The van der Waals surface area contributed by atoms with Gasteiger partial charge in [-0.1, -0.05) is 0 Å². The number of nitrogens with one attached hydrogen (secondary N) is 1. The molecule has 0 amide bonds. The van der Waals surface area contributed by atoms with Crippen LogP contribution in [0.5, 0.6) is 0 Å². The summed E-state index contributed by atoms with van der Waals surface area (Å²) in [5.41, 5.74) is 4.87. The molecule has 140 valence electrons. The lowest BCUT2D eigenvalue weighted by Crippen LogP contribution is -1.95. The van der Waals surface area contributed by atoms with E-state index in [4.69, 9.17) is 4.42 Å². The minimum Gasteiger partial charge on any atom is -0.455 e. The van der Waals surface area contributed by atoms with Crippen LogP contribution in [-0.4, -0.2) is 21.1 Å².